The average Bonchev–Trinajstić information content (AvgIpc) is 2.29. The fraction of sp³-hybridized carbons (Fsp3) is 0.929. The molecular formula is C14H25NO2. The Balaban J connectivity index is 1.80. The molecule has 0 bridgehead atoms. The molecule has 1 saturated heterocycles. The summed E-state index contributed by atoms with van der Waals surface area (Å²) in [6.45, 7) is 4.49. The van der Waals surface area contributed by atoms with E-state index in [2.05, 4.69) is 11.8 Å². The van der Waals surface area contributed by atoms with E-state index in [0.717, 1.165) is 24.8 Å². The number of aliphatic carboxylic acids is 1. The first kappa shape index (κ1) is 12.9. The molecule has 1 aliphatic heterocycles. The van der Waals surface area contributed by atoms with Crippen molar-refractivity contribution in [3.8, 4) is 0 Å². The minimum atomic E-state index is -0.662. The van der Waals surface area contributed by atoms with Crippen molar-refractivity contribution in [1.82, 2.24) is 4.90 Å². The van der Waals surface area contributed by atoms with Crippen LogP contribution < -0.4 is 0 Å². The molecule has 1 aliphatic carbocycles. The predicted octanol–water partition coefficient (Wildman–Crippen LogP) is 2.75. The van der Waals surface area contributed by atoms with Gasteiger partial charge in [0.1, 0.15) is 0 Å². The van der Waals surface area contributed by atoms with E-state index in [1.54, 1.807) is 0 Å². The molecule has 3 nitrogen and oxygen atoms in total. The second-order valence-corrected chi connectivity index (χ2v) is 5.88. The van der Waals surface area contributed by atoms with Crippen LogP contribution in [0.5, 0.6) is 0 Å². The molecule has 0 aromatic rings. The van der Waals surface area contributed by atoms with E-state index in [4.69, 9.17) is 5.11 Å². The van der Waals surface area contributed by atoms with Crippen molar-refractivity contribution in [2.45, 2.75) is 57.9 Å². The Bertz CT molecular complexity index is 267. The lowest BCUT2D eigenvalue weighted by atomic mass is 9.73. The third-order valence-electron chi connectivity index (χ3n) is 4.64. The molecule has 98 valence electrons. The molecule has 2 rings (SSSR count). The molecular weight excluding hydrogens is 214 g/mol. The fourth-order valence-corrected chi connectivity index (χ4v) is 3.65. The highest BCUT2D eigenvalue weighted by atomic mass is 16.4. The van der Waals surface area contributed by atoms with Crippen molar-refractivity contribution in [3.05, 3.63) is 0 Å². The molecule has 0 aromatic carbocycles. The summed E-state index contributed by atoms with van der Waals surface area (Å²) in [5, 5.41) is 8.68. The maximum Gasteiger partial charge on any atom is 0.303 e. The fourth-order valence-electron chi connectivity index (χ4n) is 3.65. The zero-order valence-electron chi connectivity index (χ0n) is 10.9. The zero-order chi connectivity index (χ0) is 12.3. The second-order valence-electron chi connectivity index (χ2n) is 5.88. The highest BCUT2D eigenvalue weighted by Gasteiger charge is 2.34. The molecule has 3 heteroatoms. The van der Waals surface area contributed by atoms with Crippen LogP contribution in [0.25, 0.3) is 0 Å². The first-order chi connectivity index (χ1) is 8.16. The lowest BCUT2D eigenvalue weighted by Gasteiger charge is -2.45. The third-order valence-corrected chi connectivity index (χ3v) is 4.64. The minimum Gasteiger partial charge on any atom is -0.481 e. The quantitative estimate of drug-likeness (QED) is 0.820. The van der Waals surface area contributed by atoms with Crippen LogP contribution in [-0.2, 0) is 4.79 Å². The molecule has 17 heavy (non-hydrogen) atoms. The van der Waals surface area contributed by atoms with Gasteiger partial charge in [-0.2, -0.15) is 0 Å². The van der Waals surface area contributed by atoms with E-state index in [0.29, 0.717) is 12.5 Å². The summed E-state index contributed by atoms with van der Waals surface area (Å²) in [7, 11) is 0. The molecule has 0 amide bonds. The first-order valence-electron chi connectivity index (χ1n) is 7.12. The van der Waals surface area contributed by atoms with Crippen molar-refractivity contribution in [3.63, 3.8) is 0 Å². The maximum absolute atomic E-state index is 10.5. The number of hydrogen-bond acceptors (Lipinski definition) is 2. The number of piperidine rings is 1. The van der Waals surface area contributed by atoms with Crippen molar-refractivity contribution < 1.29 is 9.90 Å². The van der Waals surface area contributed by atoms with Gasteiger partial charge in [-0.3, -0.25) is 4.79 Å². The van der Waals surface area contributed by atoms with Crippen molar-refractivity contribution >= 4 is 5.97 Å². The van der Waals surface area contributed by atoms with Crippen LogP contribution >= 0.6 is 0 Å². The monoisotopic (exact) mass is 239 g/mol. The summed E-state index contributed by atoms with van der Waals surface area (Å²) in [4.78, 5) is 13.1. The molecule has 2 aliphatic rings. The van der Waals surface area contributed by atoms with E-state index in [-0.39, 0.29) is 0 Å². The highest BCUT2D eigenvalue weighted by Crippen LogP contribution is 2.38. The van der Waals surface area contributed by atoms with Gasteiger partial charge in [0.2, 0.25) is 0 Å². The Kier molecular flexibility index (Phi) is 4.43. The van der Waals surface area contributed by atoms with Crippen LogP contribution in [-0.4, -0.2) is 35.1 Å². The van der Waals surface area contributed by atoms with Crippen LogP contribution in [0.2, 0.25) is 0 Å². The summed E-state index contributed by atoms with van der Waals surface area (Å²) < 4.78 is 0. The van der Waals surface area contributed by atoms with Crippen LogP contribution in [0.3, 0.4) is 0 Å². The summed E-state index contributed by atoms with van der Waals surface area (Å²) in [6.07, 6.45) is 8.10. The summed E-state index contributed by atoms with van der Waals surface area (Å²) >= 11 is 0. The van der Waals surface area contributed by atoms with E-state index in [1.165, 1.54) is 38.6 Å². The number of carbonyl (C=O) groups is 1. The van der Waals surface area contributed by atoms with Gasteiger partial charge in [-0.15, -0.1) is 0 Å². The number of carboxylic acids is 1. The third kappa shape index (κ3) is 3.44. The van der Waals surface area contributed by atoms with Gasteiger partial charge in [-0.1, -0.05) is 19.3 Å². The van der Waals surface area contributed by atoms with Crippen LogP contribution in [0, 0.1) is 11.8 Å². The SMILES string of the molecule is C[C@@H]1CC2CCCCC2CN1CCCC(=O)O. The summed E-state index contributed by atoms with van der Waals surface area (Å²) in [5.74, 6) is 1.18. The largest absolute Gasteiger partial charge is 0.481 e. The normalized spacial score (nSPS) is 34.3. The minimum absolute atomic E-state index is 0.317. The van der Waals surface area contributed by atoms with Crippen LogP contribution in [0.4, 0.5) is 0 Å². The number of carboxylic acid groups (broad SMARTS) is 1. The van der Waals surface area contributed by atoms with Crippen molar-refractivity contribution in [1.29, 1.82) is 0 Å². The smallest absolute Gasteiger partial charge is 0.303 e. The predicted molar refractivity (Wildman–Crippen MR) is 68.0 cm³/mol. The number of nitrogens with zero attached hydrogens (tertiary/aromatic N) is 1. The molecule has 1 N–H and O–H groups in total. The van der Waals surface area contributed by atoms with E-state index >= 15 is 0 Å². The molecule has 0 aromatic heterocycles. The Morgan fingerprint density at radius 1 is 1.29 bits per heavy atom. The van der Waals surface area contributed by atoms with Crippen molar-refractivity contribution in [2.75, 3.05) is 13.1 Å². The van der Waals surface area contributed by atoms with Crippen molar-refractivity contribution in [2.24, 2.45) is 11.8 Å². The number of fused-ring (bicyclic) bond motifs is 1. The Labute approximate surface area is 104 Å². The van der Waals surface area contributed by atoms with Gasteiger partial charge in [0.25, 0.3) is 0 Å². The van der Waals surface area contributed by atoms with Gasteiger partial charge < -0.3 is 10.0 Å². The first-order valence-corrected chi connectivity index (χ1v) is 7.12. The van der Waals surface area contributed by atoms with Gasteiger partial charge in [0, 0.05) is 19.0 Å². The molecule has 1 saturated carbocycles. The molecule has 0 radical (unpaired) electrons. The van der Waals surface area contributed by atoms with Gasteiger partial charge in [-0.25, -0.2) is 0 Å². The summed E-state index contributed by atoms with van der Waals surface area (Å²) in [5.41, 5.74) is 0. The highest BCUT2D eigenvalue weighted by molar-refractivity contribution is 5.66. The van der Waals surface area contributed by atoms with E-state index in [1.807, 2.05) is 0 Å². The van der Waals surface area contributed by atoms with E-state index in [9.17, 15) is 4.79 Å². The maximum atomic E-state index is 10.5. The molecule has 3 atom stereocenters. The second kappa shape index (κ2) is 5.85. The van der Waals surface area contributed by atoms with Crippen LogP contribution in [0.15, 0.2) is 0 Å². The topological polar surface area (TPSA) is 40.5 Å². The number of hydrogen-bond donors (Lipinski definition) is 1. The molecule has 2 unspecified atom stereocenters. The number of rotatable bonds is 4. The zero-order valence-corrected chi connectivity index (χ0v) is 10.9. The van der Waals surface area contributed by atoms with Gasteiger partial charge >= 0.3 is 5.97 Å². The van der Waals surface area contributed by atoms with Crippen LogP contribution in [0.1, 0.15) is 51.9 Å². The van der Waals surface area contributed by atoms with Gasteiger partial charge in [0.05, 0.1) is 0 Å². The molecule has 1 heterocycles. The van der Waals surface area contributed by atoms with E-state index < -0.39 is 5.97 Å². The number of likely N-dealkylation sites (tertiary alicyclic amines) is 1. The molecule has 0 spiro atoms. The van der Waals surface area contributed by atoms with Gasteiger partial charge in [-0.05, 0) is 44.6 Å². The standard InChI is InChI=1S/C14H25NO2/c1-11-9-12-5-2-3-6-13(12)10-15(11)8-4-7-14(16)17/h11-13H,2-10H2,1H3,(H,16,17)/t11-,12?,13?/m1/s1. The lowest BCUT2D eigenvalue weighted by Crippen LogP contribution is -2.47. The Morgan fingerprint density at radius 3 is 2.71 bits per heavy atom. The molecule has 2 fully saturated rings. The summed E-state index contributed by atoms with van der Waals surface area (Å²) in [6, 6.07) is 0.656. The Morgan fingerprint density at radius 2 is 2.00 bits per heavy atom. The van der Waals surface area contributed by atoms with Gasteiger partial charge in [0.15, 0.2) is 0 Å². The Hall–Kier alpha value is -0.570. The average molecular weight is 239 g/mol. The lowest BCUT2D eigenvalue weighted by molar-refractivity contribution is -0.137.